The summed E-state index contributed by atoms with van der Waals surface area (Å²) in [6.07, 6.45) is 27.6. The molecule has 0 aliphatic rings. The standard InChI is InChI=1S/C54H84O6/c1-7-13-19-25-31-55-49-37-43-44(38-50(49)56-32-26-20-14-8-2)46-40-52(58-34-28-22-16-10-4)54(60-36-30-24-18-12-6)42-48(46)47-41-53(59-35-29-23-17-11-5)51(39-45(43)47)57-33-27-21-15-9-3/h37-42H,7-36H2,1-6H3. The fraction of sp³-hybridized carbons (Fsp3) is 0.667. The Morgan fingerprint density at radius 1 is 0.217 bits per heavy atom. The molecule has 0 radical (unpaired) electrons. The molecule has 0 aliphatic heterocycles. The molecule has 60 heavy (non-hydrogen) atoms. The number of hydrogen-bond donors (Lipinski definition) is 0. The smallest absolute Gasteiger partial charge is 0.161 e. The number of benzene rings is 4. The van der Waals surface area contributed by atoms with Crippen molar-refractivity contribution in [1.29, 1.82) is 0 Å². The molecular formula is C54H84O6. The summed E-state index contributed by atoms with van der Waals surface area (Å²) in [5, 5.41) is 6.70. The topological polar surface area (TPSA) is 55.4 Å². The summed E-state index contributed by atoms with van der Waals surface area (Å²) in [7, 11) is 0. The van der Waals surface area contributed by atoms with Gasteiger partial charge in [-0.1, -0.05) is 157 Å². The predicted molar refractivity (Wildman–Crippen MR) is 257 cm³/mol. The molecule has 0 unspecified atom stereocenters. The van der Waals surface area contributed by atoms with Gasteiger partial charge in [0.05, 0.1) is 39.6 Å². The Bertz CT molecular complexity index is 1400. The van der Waals surface area contributed by atoms with Gasteiger partial charge in [-0.05, 0) is 107 Å². The zero-order valence-corrected chi connectivity index (χ0v) is 39.1. The van der Waals surface area contributed by atoms with Gasteiger partial charge in [0.25, 0.3) is 0 Å². The number of hydrogen-bond acceptors (Lipinski definition) is 6. The van der Waals surface area contributed by atoms with Gasteiger partial charge in [-0.2, -0.15) is 0 Å². The van der Waals surface area contributed by atoms with Crippen LogP contribution in [0.5, 0.6) is 34.5 Å². The molecule has 0 aliphatic carbocycles. The van der Waals surface area contributed by atoms with Crippen LogP contribution < -0.4 is 28.4 Å². The van der Waals surface area contributed by atoms with E-state index in [2.05, 4.69) is 77.9 Å². The van der Waals surface area contributed by atoms with Crippen LogP contribution in [0.4, 0.5) is 0 Å². The monoisotopic (exact) mass is 829 g/mol. The van der Waals surface area contributed by atoms with Crippen LogP contribution in [0.1, 0.15) is 196 Å². The van der Waals surface area contributed by atoms with Crippen LogP contribution in [0.25, 0.3) is 32.3 Å². The molecule has 0 N–H and O–H groups in total. The van der Waals surface area contributed by atoms with E-state index in [1.807, 2.05) is 0 Å². The zero-order chi connectivity index (χ0) is 42.6. The van der Waals surface area contributed by atoms with E-state index >= 15 is 0 Å². The molecular weight excluding hydrogens is 745 g/mol. The Balaban J connectivity index is 1.95. The molecule has 0 amide bonds. The van der Waals surface area contributed by atoms with E-state index in [1.165, 1.54) is 77.0 Å². The predicted octanol–water partition coefficient (Wildman–Crippen LogP) is 16.9. The summed E-state index contributed by atoms with van der Waals surface area (Å²) >= 11 is 0. The molecule has 0 bridgehead atoms. The molecule has 4 aromatic carbocycles. The number of unbranched alkanes of at least 4 members (excludes halogenated alkanes) is 18. The summed E-state index contributed by atoms with van der Waals surface area (Å²) in [6, 6.07) is 13.4. The van der Waals surface area contributed by atoms with Crippen LogP contribution >= 0.6 is 0 Å². The maximum atomic E-state index is 6.65. The first kappa shape index (κ1) is 49.1. The van der Waals surface area contributed by atoms with Gasteiger partial charge in [-0.3, -0.25) is 0 Å². The van der Waals surface area contributed by atoms with Gasteiger partial charge in [0.2, 0.25) is 0 Å². The van der Waals surface area contributed by atoms with Crippen molar-refractivity contribution in [1.82, 2.24) is 0 Å². The Morgan fingerprint density at radius 3 is 0.500 bits per heavy atom. The lowest BCUT2D eigenvalue weighted by atomic mass is 9.93. The Morgan fingerprint density at radius 2 is 0.367 bits per heavy atom. The van der Waals surface area contributed by atoms with E-state index in [4.69, 9.17) is 28.4 Å². The van der Waals surface area contributed by atoms with E-state index in [-0.39, 0.29) is 0 Å². The lowest BCUT2D eigenvalue weighted by molar-refractivity contribution is 0.259. The highest BCUT2D eigenvalue weighted by Gasteiger charge is 2.21. The fourth-order valence-electron chi connectivity index (χ4n) is 7.96. The second-order valence-corrected chi connectivity index (χ2v) is 17.0. The molecule has 336 valence electrons. The van der Waals surface area contributed by atoms with Crippen molar-refractivity contribution >= 4 is 32.3 Å². The molecule has 0 aromatic heterocycles. The Kier molecular flexibility index (Phi) is 24.3. The minimum atomic E-state index is 0.667. The highest BCUT2D eigenvalue weighted by atomic mass is 16.5. The molecule has 0 fully saturated rings. The van der Waals surface area contributed by atoms with Gasteiger partial charge in [-0.15, -0.1) is 0 Å². The van der Waals surface area contributed by atoms with E-state index in [1.54, 1.807) is 0 Å². The quantitative estimate of drug-likeness (QED) is 0.0336. The first-order valence-electron chi connectivity index (χ1n) is 24.9. The van der Waals surface area contributed by atoms with Crippen LogP contribution in [0.2, 0.25) is 0 Å². The van der Waals surface area contributed by atoms with Crippen molar-refractivity contribution in [3.05, 3.63) is 36.4 Å². The lowest BCUT2D eigenvalue weighted by Crippen LogP contribution is -2.05. The summed E-state index contributed by atoms with van der Waals surface area (Å²) in [5.41, 5.74) is 0. The maximum Gasteiger partial charge on any atom is 0.161 e. The van der Waals surface area contributed by atoms with E-state index in [9.17, 15) is 0 Å². The van der Waals surface area contributed by atoms with Gasteiger partial charge in [0, 0.05) is 0 Å². The van der Waals surface area contributed by atoms with Crippen LogP contribution in [0, 0.1) is 0 Å². The maximum absolute atomic E-state index is 6.65. The molecule has 0 heterocycles. The van der Waals surface area contributed by atoms with Crippen molar-refractivity contribution < 1.29 is 28.4 Å². The molecule has 0 atom stereocenters. The highest BCUT2D eigenvalue weighted by molar-refractivity contribution is 6.26. The van der Waals surface area contributed by atoms with Crippen molar-refractivity contribution in [3.8, 4) is 34.5 Å². The molecule has 6 nitrogen and oxygen atoms in total. The minimum absolute atomic E-state index is 0.667. The second kappa shape index (κ2) is 29.7. The number of rotatable bonds is 36. The molecule has 0 saturated heterocycles. The summed E-state index contributed by atoms with van der Waals surface area (Å²) in [6.45, 7) is 17.5. The lowest BCUT2D eigenvalue weighted by Gasteiger charge is -2.21. The highest BCUT2D eigenvalue weighted by Crippen LogP contribution is 2.47. The largest absolute Gasteiger partial charge is 0.490 e. The molecule has 0 spiro atoms. The Labute approximate surface area is 365 Å². The van der Waals surface area contributed by atoms with E-state index in [0.717, 1.165) is 144 Å². The molecule has 6 heteroatoms. The van der Waals surface area contributed by atoms with Crippen LogP contribution in [0.3, 0.4) is 0 Å². The van der Waals surface area contributed by atoms with Gasteiger partial charge in [0.1, 0.15) is 0 Å². The average Bonchev–Trinajstić information content (AvgIpc) is 3.26. The fourth-order valence-corrected chi connectivity index (χ4v) is 7.96. The third-order valence-electron chi connectivity index (χ3n) is 11.7. The van der Waals surface area contributed by atoms with Crippen molar-refractivity contribution in [2.45, 2.75) is 196 Å². The third kappa shape index (κ3) is 16.1. The SMILES string of the molecule is CCCCCCOc1cc2c3cc(OCCCCCC)c(OCCCCCC)cc3c3cc(OCCCCCC)c(OCCCCCC)cc3c2cc1OCCCCCC. The Hall–Kier alpha value is -3.54. The second-order valence-electron chi connectivity index (χ2n) is 17.0. The van der Waals surface area contributed by atoms with Crippen molar-refractivity contribution in [2.24, 2.45) is 0 Å². The summed E-state index contributed by atoms with van der Waals surface area (Å²) < 4.78 is 39.9. The van der Waals surface area contributed by atoms with Crippen LogP contribution in [0.15, 0.2) is 36.4 Å². The minimum Gasteiger partial charge on any atom is -0.490 e. The normalized spacial score (nSPS) is 11.5. The van der Waals surface area contributed by atoms with Gasteiger partial charge < -0.3 is 28.4 Å². The summed E-state index contributed by atoms with van der Waals surface area (Å²) in [4.78, 5) is 0. The van der Waals surface area contributed by atoms with Crippen molar-refractivity contribution in [3.63, 3.8) is 0 Å². The van der Waals surface area contributed by atoms with E-state index in [0.29, 0.717) is 39.6 Å². The van der Waals surface area contributed by atoms with Gasteiger partial charge in [0.15, 0.2) is 34.5 Å². The molecule has 0 saturated carbocycles. The first-order chi connectivity index (χ1) is 29.6. The number of ether oxygens (including phenoxy) is 6. The summed E-state index contributed by atoms with van der Waals surface area (Å²) in [5.74, 6) is 4.88. The third-order valence-corrected chi connectivity index (χ3v) is 11.7. The van der Waals surface area contributed by atoms with E-state index < -0.39 is 0 Å². The van der Waals surface area contributed by atoms with Gasteiger partial charge in [-0.25, -0.2) is 0 Å². The van der Waals surface area contributed by atoms with Crippen LogP contribution in [-0.2, 0) is 0 Å². The number of fused-ring (bicyclic) bond motifs is 6. The first-order valence-corrected chi connectivity index (χ1v) is 24.9. The van der Waals surface area contributed by atoms with Gasteiger partial charge >= 0.3 is 0 Å². The molecule has 4 rings (SSSR count). The average molecular weight is 829 g/mol. The molecule has 4 aromatic rings. The zero-order valence-electron chi connectivity index (χ0n) is 39.1. The van der Waals surface area contributed by atoms with Crippen LogP contribution in [-0.4, -0.2) is 39.6 Å². The van der Waals surface area contributed by atoms with Crippen molar-refractivity contribution in [2.75, 3.05) is 39.6 Å².